The summed E-state index contributed by atoms with van der Waals surface area (Å²) in [6, 6.07) is 0. The van der Waals surface area contributed by atoms with Gasteiger partial charge in [-0.05, 0) is 38.5 Å². The number of ether oxygens (including phenoxy) is 1. The summed E-state index contributed by atoms with van der Waals surface area (Å²) in [5.41, 5.74) is -3.23. The number of unbranched alkanes of at least 4 members (excludes halogenated alkanes) is 7. The Balaban J connectivity index is 2.48. The van der Waals surface area contributed by atoms with E-state index in [9.17, 15) is 19.5 Å². The highest BCUT2D eigenvalue weighted by atomic mass is 16.6. The molecule has 0 aromatic heterocycles. The van der Waals surface area contributed by atoms with Crippen molar-refractivity contribution in [3.63, 3.8) is 0 Å². The smallest absolute Gasteiger partial charge is 0.336 e. The van der Waals surface area contributed by atoms with Gasteiger partial charge in [0.25, 0.3) is 0 Å². The molecule has 28 heavy (non-hydrogen) atoms. The number of carboxylic acid groups (broad SMARTS) is 2. The summed E-state index contributed by atoms with van der Waals surface area (Å²) in [6.45, 7) is 2.20. The minimum Gasteiger partial charge on any atom is -0.481 e. The molecular weight excluding hydrogens is 364 g/mol. The Morgan fingerprint density at radius 3 is 1.93 bits per heavy atom. The molecule has 1 aliphatic rings. The third-order valence-electron chi connectivity index (χ3n) is 5.61. The predicted molar refractivity (Wildman–Crippen MR) is 104 cm³/mol. The molecule has 0 saturated heterocycles. The van der Waals surface area contributed by atoms with Crippen LogP contribution in [0.4, 0.5) is 0 Å². The number of carboxylic acids is 2. The Kier molecular flexibility index (Phi) is 10.5. The van der Waals surface area contributed by atoms with Crippen LogP contribution in [0.3, 0.4) is 0 Å². The molecule has 0 radical (unpaired) electrons. The lowest BCUT2D eigenvalue weighted by atomic mass is 9.92. The van der Waals surface area contributed by atoms with Gasteiger partial charge in [-0.2, -0.15) is 0 Å². The van der Waals surface area contributed by atoms with Gasteiger partial charge in [0.05, 0.1) is 12.8 Å². The van der Waals surface area contributed by atoms with E-state index in [0.29, 0.717) is 0 Å². The van der Waals surface area contributed by atoms with E-state index in [1.54, 1.807) is 0 Å². The Morgan fingerprint density at radius 2 is 1.43 bits per heavy atom. The van der Waals surface area contributed by atoms with E-state index in [-0.39, 0.29) is 0 Å². The largest absolute Gasteiger partial charge is 0.481 e. The minimum absolute atomic E-state index is 0.595. The first-order valence-electron chi connectivity index (χ1n) is 10.6. The molecule has 1 rings (SSSR count). The topological polar surface area (TPSA) is 121 Å². The van der Waals surface area contributed by atoms with E-state index in [1.807, 2.05) is 0 Å². The molecule has 0 amide bonds. The van der Waals surface area contributed by atoms with Gasteiger partial charge in [-0.15, -0.1) is 0 Å². The highest BCUT2D eigenvalue weighted by Gasteiger charge is 2.44. The summed E-state index contributed by atoms with van der Waals surface area (Å²) in [5, 5.41) is 28.0. The molecule has 1 fully saturated rings. The molecule has 1 unspecified atom stereocenters. The van der Waals surface area contributed by atoms with Crippen molar-refractivity contribution >= 4 is 17.9 Å². The van der Waals surface area contributed by atoms with Crippen molar-refractivity contribution in [2.45, 2.75) is 114 Å². The number of hydrogen-bond acceptors (Lipinski definition) is 5. The zero-order valence-electron chi connectivity index (χ0n) is 17.1. The van der Waals surface area contributed by atoms with Gasteiger partial charge in [0.15, 0.2) is 5.60 Å². The molecule has 0 aromatic rings. The molecule has 0 heterocycles. The fourth-order valence-corrected chi connectivity index (χ4v) is 3.98. The molecule has 1 aliphatic carbocycles. The molecular formula is C21H36O7. The number of carbonyl (C=O) groups excluding carboxylic acids is 1. The second-order valence-electron chi connectivity index (χ2n) is 8.17. The minimum atomic E-state index is -2.64. The molecule has 7 heteroatoms. The number of carbonyl (C=O) groups is 3. The lowest BCUT2D eigenvalue weighted by Gasteiger charge is -2.31. The number of hydrogen-bond donors (Lipinski definition) is 3. The van der Waals surface area contributed by atoms with Crippen molar-refractivity contribution in [1.82, 2.24) is 0 Å². The Hall–Kier alpha value is -1.63. The molecule has 3 N–H and O–H groups in total. The molecule has 1 saturated carbocycles. The summed E-state index contributed by atoms with van der Waals surface area (Å²) >= 11 is 0. The molecule has 7 nitrogen and oxygen atoms in total. The van der Waals surface area contributed by atoms with Crippen LogP contribution >= 0.6 is 0 Å². The summed E-state index contributed by atoms with van der Waals surface area (Å²) in [5.74, 6) is -4.05. The van der Waals surface area contributed by atoms with Crippen molar-refractivity contribution in [3.05, 3.63) is 0 Å². The summed E-state index contributed by atoms with van der Waals surface area (Å²) in [6.07, 6.45) is 11.6. The van der Waals surface area contributed by atoms with Gasteiger partial charge >= 0.3 is 17.9 Å². The van der Waals surface area contributed by atoms with Crippen molar-refractivity contribution in [1.29, 1.82) is 0 Å². The molecule has 0 spiro atoms. The highest BCUT2D eigenvalue weighted by Crippen LogP contribution is 2.38. The van der Waals surface area contributed by atoms with Gasteiger partial charge < -0.3 is 20.1 Å². The average Bonchev–Trinajstić information content (AvgIpc) is 3.04. The van der Waals surface area contributed by atoms with Crippen LogP contribution in [-0.2, 0) is 19.1 Å². The van der Waals surface area contributed by atoms with E-state index in [2.05, 4.69) is 6.92 Å². The van der Waals surface area contributed by atoms with Crippen LogP contribution in [0, 0.1) is 0 Å². The second kappa shape index (κ2) is 12.0. The maximum Gasteiger partial charge on any atom is 0.336 e. The zero-order valence-corrected chi connectivity index (χ0v) is 17.1. The third-order valence-corrected chi connectivity index (χ3v) is 5.61. The van der Waals surface area contributed by atoms with Crippen molar-refractivity contribution in [3.8, 4) is 0 Å². The molecule has 0 bridgehead atoms. The average molecular weight is 401 g/mol. The number of esters is 1. The Morgan fingerprint density at radius 1 is 0.893 bits per heavy atom. The summed E-state index contributed by atoms with van der Waals surface area (Å²) in [7, 11) is 0. The lowest BCUT2D eigenvalue weighted by molar-refractivity contribution is -0.178. The first-order chi connectivity index (χ1) is 13.2. The van der Waals surface area contributed by atoms with E-state index >= 15 is 0 Å². The first kappa shape index (κ1) is 24.4. The van der Waals surface area contributed by atoms with Crippen LogP contribution in [-0.4, -0.2) is 44.4 Å². The maximum atomic E-state index is 12.3. The summed E-state index contributed by atoms with van der Waals surface area (Å²) < 4.78 is 5.63. The standard InChI is InChI=1S/C21H36O7/c1-2-3-4-5-6-7-8-9-12-20(13-10-11-14-20)28-18(24)16-21(27,19(25)26)15-17(22)23/h27H,2-16H2,1H3,(H,22,23)(H,25,26). The number of aliphatic hydroxyl groups is 1. The van der Waals surface area contributed by atoms with Crippen molar-refractivity contribution in [2.24, 2.45) is 0 Å². The second-order valence-corrected chi connectivity index (χ2v) is 8.17. The quantitative estimate of drug-likeness (QED) is 0.280. The monoisotopic (exact) mass is 400 g/mol. The van der Waals surface area contributed by atoms with Crippen LogP contribution in [0.25, 0.3) is 0 Å². The lowest BCUT2D eigenvalue weighted by Crippen LogP contribution is -2.44. The fraction of sp³-hybridized carbons (Fsp3) is 0.857. The Labute approximate surface area is 167 Å². The van der Waals surface area contributed by atoms with E-state index in [4.69, 9.17) is 14.9 Å². The van der Waals surface area contributed by atoms with Gasteiger partial charge in [-0.25, -0.2) is 4.79 Å². The Bertz CT molecular complexity index is 511. The van der Waals surface area contributed by atoms with Crippen LogP contribution < -0.4 is 0 Å². The number of rotatable bonds is 15. The van der Waals surface area contributed by atoms with Crippen molar-refractivity contribution < 1.29 is 34.4 Å². The van der Waals surface area contributed by atoms with Gasteiger partial charge in [-0.3, -0.25) is 9.59 Å². The van der Waals surface area contributed by atoms with Crippen LogP contribution in [0.2, 0.25) is 0 Å². The SMILES string of the molecule is CCCCCCCCCCC1(OC(=O)CC(O)(CC(=O)O)C(=O)O)CCCC1. The molecule has 162 valence electrons. The van der Waals surface area contributed by atoms with E-state index in [1.165, 1.54) is 32.1 Å². The van der Waals surface area contributed by atoms with E-state index in [0.717, 1.165) is 51.4 Å². The summed E-state index contributed by atoms with van der Waals surface area (Å²) in [4.78, 5) is 34.3. The third kappa shape index (κ3) is 8.59. The normalized spacial score (nSPS) is 17.8. The van der Waals surface area contributed by atoms with Gasteiger partial charge in [-0.1, -0.05) is 51.9 Å². The highest BCUT2D eigenvalue weighted by molar-refractivity contribution is 5.88. The number of aliphatic carboxylic acids is 2. The zero-order chi connectivity index (χ0) is 21.0. The fourth-order valence-electron chi connectivity index (χ4n) is 3.98. The van der Waals surface area contributed by atoms with Gasteiger partial charge in [0.2, 0.25) is 0 Å². The molecule has 0 aliphatic heterocycles. The van der Waals surface area contributed by atoms with Crippen molar-refractivity contribution in [2.75, 3.05) is 0 Å². The molecule has 0 aromatic carbocycles. The van der Waals surface area contributed by atoms with Crippen LogP contribution in [0.1, 0.15) is 103 Å². The van der Waals surface area contributed by atoms with Crippen LogP contribution in [0.5, 0.6) is 0 Å². The van der Waals surface area contributed by atoms with Gasteiger partial charge in [0.1, 0.15) is 5.60 Å². The van der Waals surface area contributed by atoms with E-state index < -0.39 is 42.0 Å². The molecule has 1 atom stereocenters. The first-order valence-corrected chi connectivity index (χ1v) is 10.6. The maximum absolute atomic E-state index is 12.3. The predicted octanol–water partition coefficient (Wildman–Crippen LogP) is 4.05. The van der Waals surface area contributed by atoms with Crippen LogP contribution in [0.15, 0.2) is 0 Å². The van der Waals surface area contributed by atoms with Gasteiger partial charge in [0, 0.05) is 0 Å².